The largest absolute Gasteiger partial charge is 0.469 e. The van der Waals surface area contributed by atoms with Crippen LogP contribution in [0.15, 0.2) is 0 Å². The molecule has 118 valence electrons. The smallest absolute Gasteiger partial charge is 0.305 e. The minimum Gasteiger partial charge on any atom is -0.469 e. The van der Waals surface area contributed by atoms with Crippen molar-refractivity contribution >= 4 is 16.0 Å². The van der Waals surface area contributed by atoms with E-state index in [4.69, 9.17) is 4.74 Å². The van der Waals surface area contributed by atoms with Gasteiger partial charge in [0.05, 0.1) is 25.6 Å². The van der Waals surface area contributed by atoms with Gasteiger partial charge in [-0.05, 0) is 32.4 Å². The molecule has 1 saturated heterocycles. The summed E-state index contributed by atoms with van der Waals surface area (Å²) in [6.07, 6.45) is 2.53. The van der Waals surface area contributed by atoms with Crippen LogP contribution in [-0.2, 0) is 24.3 Å². The van der Waals surface area contributed by atoms with Crippen molar-refractivity contribution in [2.24, 2.45) is 0 Å². The van der Waals surface area contributed by atoms with Crippen molar-refractivity contribution in [3.8, 4) is 0 Å². The molecule has 1 aliphatic heterocycles. The maximum Gasteiger partial charge on any atom is 0.305 e. The van der Waals surface area contributed by atoms with E-state index in [1.54, 1.807) is 0 Å². The molecule has 1 rings (SSSR count). The summed E-state index contributed by atoms with van der Waals surface area (Å²) in [4.78, 5) is 10.9. The molecule has 0 saturated carbocycles. The third kappa shape index (κ3) is 7.78. The summed E-state index contributed by atoms with van der Waals surface area (Å²) in [5.74, 6) is -0.468. The van der Waals surface area contributed by atoms with Crippen molar-refractivity contribution in [1.82, 2.24) is 10.0 Å². The van der Waals surface area contributed by atoms with Crippen LogP contribution in [-0.4, -0.2) is 59.6 Å². The van der Waals surface area contributed by atoms with Crippen LogP contribution in [0.3, 0.4) is 0 Å². The Morgan fingerprint density at radius 3 is 2.70 bits per heavy atom. The number of hydrogen-bond acceptors (Lipinski definition) is 6. The number of ether oxygens (including phenoxy) is 2. The first-order valence-electron chi connectivity index (χ1n) is 6.90. The Balaban J connectivity index is 2.08. The molecule has 0 aromatic heterocycles. The van der Waals surface area contributed by atoms with Crippen LogP contribution in [0.1, 0.15) is 25.7 Å². The van der Waals surface area contributed by atoms with Gasteiger partial charge < -0.3 is 14.8 Å². The minimum absolute atomic E-state index is 0.0740. The summed E-state index contributed by atoms with van der Waals surface area (Å²) in [5, 5.41) is 3.24. The minimum atomic E-state index is -3.34. The molecule has 8 heteroatoms. The highest BCUT2D eigenvalue weighted by Gasteiger charge is 2.14. The van der Waals surface area contributed by atoms with Gasteiger partial charge in [0.1, 0.15) is 0 Å². The molecule has 1 fully saturated rings. The zero-order valence-corrected chi connectivity index (χ0v) is 12.7. The fourth-order valence-corrected chi connectivity index (χ4v) is 3.03. The highest BCUT2D eigenvalue weighted by molar-refractivity contribution is 7.89. The second-order valence-corrected chi connectivity index (χ2v) is 6.64. The summed E-state index contributed by atoms with van der Waals surface area (Å²) in [5.41, 5.74) is 0. The predicted octanol–water partition coefficient (Wildman–Crippen LogP) is -0.372. The molecule has 0 atom stereocenters. The molecule has 0 aromatic rings. The van der Waals surface area contributed by atoms with E-state index in [9.17, 15) is 13.2 Å². The van der Waals surface area contributed by atoms with Gasteiger partial charge in [-0.1, -0.05) is 0 Å². The van der Waals surface area contributed by atoms with Gasteiger partial charge in [0.25, 0.3) is 0 Å². The van der Waals surface area contributed by atoms with Gasteiger partial charge in [0, 0.05) is 13.0 Å². The number of rotatable bonds is 9. The third-order valence-electron chi connectivity index (χ3n) is 3.09. The number of esters is 1. The van der Waals surface area contributed by atoms with E-state index in [0.29, 0.717) is 6.61 Å². The fraction of sp³-hybridized carbons (Fsp3) is 0.917. The monoisotopic (exact) mass is 308 g/mol. The molecule has 0 radical (unpaired) electrons. The number of methoxy groups -OCH3 is 1. The Morgan fingerprint density at radius 2 is 2.05 bits per heavy atom. The first-order chi connectivity index (χ1) is 9.53. The molecule has 0 amide bonds. The topological polar surface area (TPSA) is 93.7 Å². The zero-order chi connectivity index (χ0) is 14.8. The summed E-state index contributed by atoms with van der Waals surface area (Å²) in [7, 11) is -2.05. The van der Waals surface area contributed by atoms with Gasteiger partial charge in [-0.25, -0.2) is 13.1 Å². The second kappa shape index (κ2) is 9.28. The maximum atomic E-state index is 11.6. The molecule has 0 aromatic carbocycles. The van der Waals surface area contributed by atoms with E-state index >= 15 is 0 Å². The fourth-order valence-electron chi connectivity index (χ4n) is 1.97. The molecule has 0 aliphatic carbocycles. The molecule has 7 nitrogen and oxygen atoms in total. The standard InChI is InChI=1S/C12H24N2O5S/c1-18-12(15)3-2-10-20(16,17)14-8-9-19-11-4-6-13-7-5-11/h11,13-14H,2-10H2,1H3. The Hall–Kier alpha value is -0.700. The maximum absolute atomic E-state index is 11.6. The van der Waals surface area contributed by atoms with Crippen molar-refractivity contribution in [3.05, 3.63) is 0 Å². The number of sulfonamides is 1. The number of nitrogens with one attached hydrogen (secondary N) is 2. The summed E-state index contributed by atoms with van der Waals surface area (Å²) >= 11 is 0. The lowest BCUT2D eigenvalue weighted by Crippen LogP contribution is -2.35. The van der Waals surface area contributed by atoms with E-state index in [2.05, 4.69) is 14.8 Å². The van der Waals surface area contributed by atoms with Gasteiger partial charge in [-0.15, -0.1) is 0 Å². The van der Waals surface area contributed by atoms with Crippen LogP contribution in [0.4, 0.5) is 0 Å². The molecule has 2 N–H and O–H groups in total. The predicted molar refractivity (Wildman–Crippen MR) is 74.9 cm³/mol. The molecule has 1 heterocycles. The van der Waals surface area contributed by atoms with Crippen LogP contribution < -0.4 is 10.0 Å². The highest BCUT2D eigenvalue weighted by Crippen LogP contribution is 2.06. The summed E-state index contributed by atoms with van der Waals surface area (Å²) in [6.45, 7) is 2.54. The normalized spacial score (nSPS) is 17.1. The van der Waals surface area contributed by atoms with E-state index in [1.807, 2.05) is 0 Å². The average molecular weight is 308 g/mol. The number of carbonyl (C=O) groups is 1. The average Bonchev–Trinajstić information content (AvgIpc) is 2.44. The number of carbonyl (C=O) groups excluding carboxylic acids is 1. The van der Waals surface area contributed by atoms with E-state index in [0.717, 1.165) is 25.9 Å². The molecule has 20 heavy (non-hydrogen) atoms. The van der Waals surface area contributed by atoms with Crippen LogP contribution in [0.2, 0.25) is 0 Å². The van der Waals surface area contributed by atoms with Gasteiger partial charge >= 0.3 is 5.97 Å². The van der Waals surface area contributed by atoms with Crippen molar-refractivity contribution in [3.63, 3.8) is 0 Å². The van der Waals surface area contributed by atoms with Crippen molar-refractivity contribution in [1.29, 1.82) is 0 Å². The summed E-state index contributed by atoms with van der Waals surface area (Å²) < 4.78 is 35.8. The lowest BCUT2D eigenvalue weighted by Gasteiger charge is -2.22. The summed E-state index contributed by atoms with van der Waals surface area (Å²) in [6, 6.07) is 0. The van der Waals surface area contributed by atoms with Gasteiger partial charge in [0.15, 0.2) is 0 Å². The second-order valence-electron chi connectivity index (χ2n) is 4.71. The van der Waals surface area contributed by atoms with Crippen molar-refractivity contribution in [2.45, 2.75) is 31.8 Å². The van der Waals surface area contributed by atoms with E-state index in [1.165, 1.54) is 7.11 Å². The molecule has 0 bridgehead atoms. The zero-order valence-electron chi connectivity index (χ0n) is 11.9. The van der Waals surface area contributed by atoms with E-state index in [-0.39, 0.29) is 31.2 Å². The Kier molecular flexibility index (Phi) is 8.05. The van der Waals surface area contributed by atoms with Gasteiger partial charge in [-0.2, -0.15) is 0 Å². The Labute approximate surface area is 120 Å². The molecule has 0 unspecified atom stereocenters. The van der Waals surface area contributed by atoms with Crippen LogP contribution in [0.5, 0.6) is 0 Å². The first-order valence-corrected chi connectivity index (χ1v) is 8.55. The van der Waals surface area contributed by atoms with Crippen LogP contribution >= 0.6 is 0 Å². The number of piperidine rings is 1. The van der Waals surface area contributed by atoms with Gasteiger partial charge in [0.2, 0.25) is 10.0 Å². The van der Waals surface area contributed by atoms with E-state index < -0.39 is 16.0 Å². The van der Waals surface area contributed by atoms with Crippen LogP contribution in [0.25, 0.3) is 0 Å². The van der Waals surface area contributed by atoms with Gasteiger partial charge in [-0.3, -0.25) is 4.79 Å². The SMILES string of the molecule is COC(=O)CCCS(=O)(=O)NCCOC1CCNCC1. The molecule has 1 aliphatic rings. The quantitative estimate of drug-likeness (QED) is 0.446. The van der Waals surface area contributed by atoms with Crippen LogP contribution in [0, 0.1) is 0 Å². The lowest BCUT2D eigenvalue weighted by molar-refractivity contribution is -0.140. The Morgan fingerprint density at radius 1 is 1.35 bits per heavy atom. The lowest BCUT2D eigenvalue weighted by atomic mass is 10.1. The third-order valence-corrected chi connectivity index (χ3v) is 4.56. The van der Waals surface area contributed by atoms with Crippen molar-refractivity contribution in [2.75, 3.05) is 39.1 Å². The first kappa shape index (κ1) is 17.4. The molecule has 0 spiro atoms. The molecular weight excluding hydrogens is 284 g/mol. The highest BCUT2D eigenvalue weighted by atomic mass is 32.2. The molecular formula is C12H24N2O5S. The van der Waals surface area contributed by atoms with Crippen molar-refractivity contribution < 1.29 is 22.7 Å². The number of hydrogen-bond donors (Lipinski definition) is 2. The Bertz CT molecular complexity index is 379.